The van der Waals surface area contributed by atoms with Gasteiger partial charge in [-0.2, -0.15) is 0 Å². The van der Waals surface area contributed by atoms with Crippen molar-refractivity contribution in [2.24, 2.45) is 0 Å². The van der Waals surface area contributed by atoms with Crippen LogP contribution in [0.4, 0.5) is 4.79 Å². The second-order valence-electron chi connectivity index (χ2n) is 7.94. The van der Waals surface area contributed by atoms with E-state index in [4.69, 9.17) is 0 Å². The van der Waals surface area contributed by atoms with Crippen molar-refractivity contribution < 1.29 is 9.59 Å². The minimum absolute atomic E-state index is 0.0895. The zero-order chi connectivity index (χ0) is 19.1. The highest BCUT2D eigenvalue weighted by molar-refractivity contribution is 5.77. The molecule has 3 amide bonds. The van der Waals surface area contributed by atoms with E-state index in [9.17, 15) is 9.59 Å². The number of carbonyl (C=O) groups excluding carboxylic acids is 2. The Kier molecular flexibility index (Phi) is 7.13. The van der Waals surface area contributed by atoms with Gasteiger partial charge in [0.1, 0.15) is 0 Å². The van der Waals surface area contributed by atoms with Crippen molar-refractivity contribution in [3.05, 3.63) is 35.4 Å². The van der Waals surface area contributed by atoms with Crippen molar-refractivity contribution in [1.29, 1.82) is 0 Å². The van der Waals surface area contributed by atoms with Crippen LogP contribution < -0.4 is 10.6 Å². The number of urea groups is 1. The molecule has 0 unspecified atom stereocenters. The SMILES string of the molecule is Cc1ccccc1[C@@H]1CCCN1C(=O)CCCNC(=O)NC1CCCCC1. The Bertz CT molecular complexity index is 640. The fourth-order valence-corrected chi connectivity index (χ4v) is 4.42. The van der Waals surface area contributed by atoms with Gasteiger partial charge in [0.25, 0.3) is 0 Å². The number of nitrogens with one attached hydrogen (secondary N) is 2. The van der Waals surface area contributed by atoms with Crippen LogP contribution in [0, 0.1) is 6.92 Å². The van der Waals surface area contributed by atoms with Crippen molar-refractivity contribution in [2.75, 3.05) is 13.1 Å². The first-order valence-corrected chi connectivity index (χ1v) is 10.5. The van der Waals surface area contributed by atoms with Crippen LogP contribution in [0.25, 0.3) is 0 Å². The smallest absolute Gasteiger partial charge is 0.315 e. The molecule has 1 atom stereocenters. The lowest BCUT2D eigenvalue weighted by atomic mass is 9.96. The quantitative estimate of drug-likeness (QED) is 0.741. The lowest BCUT2D eigenvalue weighted by Gasteiger charge is -2.26. The molecule has 1 saturated heterocycles. The van der Waals surface area contributed by atoms with Crippen LogP contribution in [0.5, 0.6) is 0 Å². The Morgan fingerprint density at radius 3 is 2.63 bits per heavy atom. The summed E-state index contributed by atoms with van der Waals surface area (Å²) in [5.74, 6) is 0.204. The van der Waals surface area contributed by atoms with E-state index in [0.29, 0.717) is 25.4 Å². The summed E-state index contributed by atoms with van der Waals surface area (Å²) in [5, 5.41) is 5.96. The van der Waals surface area contributed by atoms with Gasteiger partial charge in [0, 0.05) is 25.6 Å². The average molecular weight is 372 g/mol. The van der Waals surface area contributed by atoms with Gasteiger partial charge in [-0.3, -0.25) is 4.79 Å². The monoisotopic (exact) mass is 371 g/mol. The Morgan fingerprint density at radius 1 is 1.07 bits per heavy atom. The van der Waals surface area contributed by atoms with Gasteiger partial charge in [-0.1, -0.05) is 43.5 Å². The normalized spacial score (nSPS) is 20.5. The molecule has 148 valence electrons. The van der Waals surface area contributed by atoms with E-state index < -0.39 is 0 Å². The van der Waals surface area contributed by atoms with Crippen LogP contribution in [0.2, 0.25) is 0 Å². The number of carbonyl (C=O) groups is 2. The predicted octanol–water partition coefficient (Wildman–Crippen LogP) is 4.07. The molecule has 2 aliphatic rings. The van der Waals surface area contributed by atoms with Gasteiger partial charge in [0.15, 0.2) is 0 Å². The molecule has 1 saturated carbocycles. The second-order valence-corrected chi connectivity index (χ2v) is 7.94. The van der Waals surface area contributed by atoms with Crippen LogP contribution >= 0.6 is 0 Å². The number of aryl methyl sites for hydroxylation is 1. The Labute approximate surface area is 162 Å². The van der Waals surface area contributed by atoms with E-state index in [0.717, 1.165) is 32.2 Å². The lowest BCUT2D eigenvalue weighted by molar-refractivity contribution is -0.132. The van der Waals surface area contributed by atoms with Crippen LogP contribution in [-0.4, -0.2) is 36.0 Å². The first-order chi connectivity index (χ1) is 13.1. The number of hydrogen-bond acceptors (Lipinski definition) is 2. The first-order valence-electron chi connectivity index (χ1n) is 10.5. The van der Waals surface area contributed by atoms with E-state index in [-0.39, 0.29) is 18.0 Å². The highest BCUT2D eigenvalue weighted by Crippen LogP contribution is 2.34. The summed E-state index contributed by atoms with van der Waals surface area (Å²) in [6.45, 7) is 3.51. The molecule has 3 rings (SSSR count). The maximum absolute atomic E-state index is 12.7. The van der Waals surface area contributed by atoms with Crippen LogP contribution in [0.15, 0.2) is 24.3 Å². The summed E-state index contributed by atoms with van der Waals surface area (Å²) in [5.41, 5.74) is 2.52. The maximum atomic E-state index is 12.7. The zero-order valence-electron chi connectivity index (χ0n) is 16.5. The third-order valence-corrected chi connectivity index (χ3v) is 5.91. The molecule has 0 radical (unpaired) electrons. The molecule has 2 fully saturated rings. The van der Waals surface area contributed by atoms with Crippen molar-refractivity contribution >= 4 is 11.9 Å². The van der Waals surface area contributed by atoms with E-state index >= 15 is 0 Å². The van der Waals surface area contributed by atoms with Crippen LogP contribution in [-0.2, 0) is 4.79 Å². The summed E-state index contributed by atoms with van der Waals surface area (Å²) in [6.07, 6.45) is 9.14. The molecule has 1 aliphatic carbocycles. The van der Waals surface area contributed by atoms with Crippen molar-refractivity contribution in [1.82, 2.24) is 15.5 Å². The van der Waals surface area contributed by atoms with Gasteiger partial charge in [0.05, 0.1) is 6.04 Å². The number of rotatable bonds is 6. The van der Waals surface area contributed by atoms with E-state index in [1.807, 2.05) is 11.0 Å². The molecule has 1 aliphatic heterocycles. The van der Waals surface area contributed by atoms with Gasteiger partial charge in [-0.25, -0.2) is 4.79 Å². The molecule has 27 heavy (non-hydrogen) atoms. The van der Waals surface area contributed by atoms with Crippen molar-refractivity contribution in [3.63, 3.8) is 0 Å². The molecular formula is C22H33N3O2. The summed E-state index contributed by atoms with van der Waals surface area (Å²) < 4.78 is 0. The highest BCUT2D eigenvalue weighted by Gasteiger charge is 2.30. The molecule has 5 heteroatoms. The third-order valence-electron chi connectivity index (χ3n) is 5.91. The van der Waals surface area contributed by atoms with Gasteiger partial charge < -0.3 is 15.5 Å². The zero-order valence-corrected chi connectivity index (χ0v) is 16.5. The number of nitrogens with zero attached hydrogens (tertiary/aromatic N) is 1. The molecule has 1 aromatic rings. The van der Waals surface area contributed by atoms with Crippen molar-refractivity contribution in [2.45, 2.75) is 76.8 Å². The van der Waals surface area contributed by atoms with Crippen LogP contribution in [0.1, 0.15) is 75.0 Å². The van der Waals surface area contributed by atoms with Gasteiger partial charge in [0.2, 0.25) is 5.91 Å². The van der Waals surface area contributed by atoms with Crippen molar-refractivity contribution in [3.8, 4) is 0 Å². The molecule has 1 heterocycles. The summed E-state index contributed by atoms with van der Waals surface area (Å²) >= 11 is 0. The minimum atomic E-state index is -0.0895. The predicted molar refractivity (Wildman–Crippen MR) is 108 cm³/mol. The summed E-state index contributed by atoms with van der Waals surface area (Å²) in [4.78, 5) is 26.7. The molecule has 0 spiro atoms. The highest BCUT2D eigenvalue weighted by atomic mass is 16.2. The number of amides is 3. The Morgan fingerprint density at radius 2 is 1.85 bits per heavy atom. The topological polar surface area (TPSA) is 61.4 Å². The van der Waals surface area contributed by atoms with Crippen LogP contribution in [0.3, 0.4) is 0 Å². The summed E-state index contributed by atoms with van der Waals surface area (Å²) in [6, 6.07) is 8.80. The van der Waals surface area contributed by atoms with Gasteiger partial charge in [-0.15, -0.1) is 0 Å². The molecule has 0 aromatic heterocycles. The van der Waals surface area contributed by atoms with Gasteiger partial charge >= 0.3 is 6.03 Å². The molecule has 1 aromatic carbocycles. The molecule has 5 nitrogen and oxygen atoms in total. The van der Waals surface area contributed by atoms with E-state index in [1.165, 1.54) is 30.4 Å². The second kappa shape index (κ2) is 9.77. The Balaban J connectivity index is 1.39. The van der Waals surface area contributed by atoms with Gasteiger partial charge in [-0.05, 0) is 50.2 Å². The largest absolute Gasteiger partial charge is 0.338 e. The first kappa shape index (κ1) is 19.7. The lowest BCUT2D eigenvalue weighted by Crippen LogP contribution is -2.43. The fraction of sp³-hybridized carbons (Fsp3) is 0.636. The number of likely N-dealkylation sites (tertiary alicyclic amines) is 1. The maximum Gasteiger partial charge on any atom is 0.315 e. The van der Waals surface area contributed by atoms with E-state index in [1.54, 1.807) is 0 Å². The number of hydrogen-bond donors (Lipinski definition) is 2. The fourth-order valence-electron chi connectivity index (χ4n) is 4.42. The molecular weight excluding hydrogens is 338 g/mol. The Hall–Kier alpha value is -2.04. The average Bonchev–Trinajstić information content (AvgIpc) is 3.16. The third kappa shape index (κ3) is 5.47. The number of benzene rings is 1. The minimum Gasteiger partial charge on any atom is -0.338 e. The molecule has 0 bridgehead atoms. The standard InChI is InChI=1S/C22H33N3O2/c1-17-9-5-6-12-19(17)20-13-8-16-25(20)21(26)14-7-15-23-22(27)24-18-10-3-2-4-11-18/h5-6,9,12,18,20H,2-4,7-8,10-11,13-16H2,1H3,(H2,23,24,27)/t20-/m0/s1. The van der Waals surface area contributed by atoms with E-state index in [2.05, 4.69) is 35.8 Å². The summed E-state index contributed by atoms with van der Waals surface area (Å²) in [7, 11) is 0. The molecule has 2 N–H and O–H groups in total.